The summed E-state index contributed by atoms with van der Waals surface area (Å²) in [5, 5.41) is 2.97. The predicted octanol–water partition coefficient (Wildman–Crippen LogP) is 4.22. The fourth-order valence-corrected chi connectivity index (χ4v) is 5.25. The third kappa shape index (κ3) is 4.82. The van der Waals surface area contributed by atoms with E-state index in [-0.39, 0.29) is 10.8 Å². The van der Waals surface area contributed by atoms with Crippen molar-refractivity contribution in [3.63, 3.8) is 0 Å². The van der Waals surface area contributed by atoms with Gasteiger partial charge in [-0.1, -0.05) is 35.7 Å². The van der Waals surface area contributed by atoms with Crippen molar-refractivity contribution >= 4 is 27.5 Å². The number of aliphatic imine (C=N–C) groups is 1. The second kappa shape index (κ2) is 8.46. The zero-order chi connectivity index (χ0) is 22.1. The van der Waals surface area contributed by atoms with E-state index in [9.17, 15) is 13.2 Å². The predicted molar refractivity (Wildman–Crippen MR) is 123 cm³/mol. The van der Waals surface area contributed by atoms with Crippen molar-refractivity contribution in [1.29, 1.82) is 0 Å². The van der Waals surface area contributed by atoms with E-state index < -0.39 is 15.4 Å². The number of rotatable bonds is 5. The summed E-state index contributed by atoms with van der Waals surface area (Å²) < 4.78 is 28.0. The standard InChI is InChI=1S/C24H29N3O3S/c1-17-14-18(2)16-19(15-17)24(11-12-24)23(28)26-20-7-9-21(10-8-20)31(29,30)27-22-6-4-3-5-13-25-22/h7-10,14-16H,3-6,11-13H2,1-2H3,(H,25,27)(H,26,28). The summed E-state index contributed by atoms with van der Waals surface area (Å²) in [6, 6.07) is 12.6. The molecule has 1 saturated carbocycles. The second-order valence-corrected chi connectivity index (χ2v) is 10.4. The van der Waals surface area contributed by atoms with Gasteiger partial charge in [-0.3, -0.25) is 14.5 Å². The van der Waals surface area contributed by atoms with E-state index >= 15 is 0 Å². The summed E-state index contributed by atoms with van der Waals surface area (Å²) >= 11 is 0. The van der Waals surface area contributed by atoms with Crippen LogP contribution in [0.4, 0.5) is 5.69 Å². The number of nitrogens with one attached hydrogen (secondary N) is 2. The minimum atomic E-state index is -3.68. The van der Waals surface area contributed by atoms with E-state index in [2.05, 4.69) is 33.2 Å². The van der Waals surface area contributed by atoms with Crippen molar-refractivity contribution < 1.29 is 13.2 Å². The molecule has 0 atom stereocenters. The highest BCUT2D eigenvalue weighted by molar-refractivity contribution is 7.90. The summed E-state index contributed by atoms with van der Waals surface area (Å²) in [7, 11) is -3.68. The van der Waals surface area contributed by atoms with Crippen molar-refractivity contribution in [2.24, 2.45) is 4.99 Å². The zero-order valence-electron chi connectivity index (χ0n) is 18.1. The average Bonchev–Trinajstić information content (AvgIpc) is 3.53. The van der Waals surface area contributed by atoms with Gasteiger partial charge in [-0.25, -0.2) is 8.42 Å². The molecule has 6 nitrogen and oxygen atoms in total. The molecule has 2 aromatic carbocycles. The molecule has 2 aromatic rings. The Morgan fingerprint density at radius 2 is 1.65 bits per heavy atom. The number of carbonyl (C=O) groups excluding carboxylic acids is 1. The van der Waals surface area contributed by atoms with Crippen LogP contribution < -0.4 is 10.0 Å². The Kier molecular flexibility index (Phi) is 5.88. The fraction of sp³-hybridized carbons (Fsp3) is 0.417. The molecule has 0 spiro atoms. The topological polar surface area (TPSA) is 87.6 Å². The van der Waals surface area contributed by atoms with Crippen LogP contribution in [0.15, 0.2) is 52.4 Å². The van der Waals surface area contributed by atoms with Gasteiger partial charge in [0.1, 0.15) is 5.84 Å². The third-order valence-corrected chi connectivity index (χ3v) is 7.41. The van der Waals surface area contributed by atoms with Crippen molar-refractivity contribution in [2.75, 3.05) is 11.9 Å². The molecule has 164 valence electrons. The molecule has 0 unspecified atom stereocenters. The Hall–Kier alpha value is -2.67. The van der Waals surface area contributed by atoms with Crippen LogP contribution in [0, 0.1) is 13.8 Å². The summed E-state index contributed by atoms with van der Waals surface area (Å²) in [6.07, 6.45) is 5.28. The van der Waals surface area contributed by atoms with Crippen molar-refractivity contribution in [3.05, 3.63) is 59.2 Å². The van der Waals surface area contributed by atoms with Crippen LogP contribution in [0.3, 0.4) is 0 Å². The molecular weight excluding hydrogens is 410 g/mol. The summed E-state index contributed by atoms with van der Waals surface area (Å²) in [5.41, 5.74) is 3.45. The van der Waals surface area contributed by atoms with Crippen LogP contribution in [0.1, 0.15) is 55.2 Å². The molecule has 4 rings (SSSR count). The second-order valence-electron chi connectivity index (χ2n) is 8.68. The molecule has 0 aromatic heterocycles. The van der Waals surface area contributed by atoms with Gasteiger partial charge < -0.3 is 5.32 Å². The maximum Gasteiger partial charge on any atom is 0.262 e. The number of benzene rings is 2. The van der Waals surface area contributed by atoms with Crippen LogP contribution in [0.5, 0.6) is 0 Å². The Balaban J connectivity index is 1.46. The summed E-state index contributed by atoms with van der Waals surface area (Å²) in [5.74, 6) is 0.484. The molecule has 2 aliphatic rings. The fourth-order valence-electron chi connectivity index (χ4n) is 4.16. The van der Waals surface area contributed by atoms with E-state index in [0.717, 1.165) is 48.8 Å². The number of amidine groups is 1. The molecule has 0 radical (unpaired) electrons. The van der Waals surface area contributed by atoms with Crippen LogP contribution in [0.2, 0.25) is 0 Å². The van der Waals surface area contributed by atoms with Crippen LogP contribution in [0.25, 0.3) is 0 Å². The molecule has 0 saturated heterocycles. The number of amides is 1. The van der Waals surface area contributed by atoms with E-state index in [1.54, 1.807) is 12.1 Å². The number of hydrogen-bond donors (Lipinski definition) is 2. The number of hydrogen-bond acceptors (Lipinski definition) is 4. The Morgan fingerprint density at radius 1 is 0.968 bits per heavy atom. The smallest absolute Gasteiger partial charge is 0.262 e. The van der Waals surface area contributed by atoms with Gasteiger partial charge in [0.15, 0.2) is 0 Å². The van der Waals surface area contributed by atoms with Crippen LogP contribution in [-0.4, -0.2) is 26.7 Å². The number of carbonyl (C=O) groups is 1. The first-order chi connectivity index (χ1) is 14.8. The van der Waals surface area contributed by atoms with Crippen LogP contribution >= 0.6 is 0 Å². The largest absolute Gasteiger partial charge is 0.325 e. The molecule has 1 aliphatic heterocycles. The molecule has 1 heterocycles. The minimum absolute atomic E-state index is 0.0426. The lowest BCUT2D eigenvalue weighted by atomic mass is 9.92. The molecule has 7 heteroatoms. The molecule has 1 fully saturated rings. The molecule has 1 aliphatic carbocycles. The molecule has 31 heavy (non-hydrogen) atoms. The highest BCUT2D eigenvalue weighted by Gasteiger charge is 2.51. The number of anilines is 1. The lowest BCUT2D eigenvalue weighted by molar-refractivity contribution is -0.118. The van der Waals surface area contributed by atoms with Gasteiger partial charge >= 0.3 is 0 Å². The normalized spacial score (nSPS) is 17.9. The lowest BCUT2D eigenvalue weighted by Crippen LogP contribution is -2.30. The molecule has 1 amide bonds. The van der Waals surface area contributed by atoms with Gasteiger partial charge in [-0.05, 0) is 69.4 Å². The van der Waals surface area contributed by atoms with Crippen molar-refractivity contribution in [1.82, 2.24) is 4.72 Å². The summed E-state index contributed by atoms with van der Waals surface area (Å²) in [6.45, 7) is 4.74. The average molecular weight is 440 g/mol. The quantitative estimate of drug-likeness (QED) is 0.731. The first-order valence-corrected chi connectivity index (χ1v) is 12.3. The maximum absolute atomic E-state index is 13.0. The van der Waals surface area contributed by atoms with E-state index in [1.807, 2.05) is 13.8 Å². The lowest BCUT2D eigenvalue weighted by Gasteiger charge is -2.17. The highest BCUT2D eigenvalue weighted by atomic mass is 32.2. The SMILES string of the molecule is Cc1cc(C)cc(C2(C(=O)Nc3ccc(S(=O)(=O)NC4=NCCCCC4)cc3)CC2)c1. The van der Waals surface area contributed by atoms with Gasteiger partial charge in [0, 0.05) is 18.7 Å². The Morgan fingerprint density at radius 3 is 2.29 bits per heavy atom. The van der Waals surface area contributed by atoms with Crippen molar-refractivity contribution in [2.45, 2.75) is 62.7 Å². The molecule has 0 bridgehead atoms. The maximum atomic E-state index is 13.0. The van der Waals surface area contributed by atoms with Gasteiger partial charge in [0.05, 0.1) is 10.3 Å². The Labute approximate surface area is 184 Å². The number of nitrogens with zero attached hydrogens (tertiary/aromatic N) is 1. The molecular formula is C24H29N3O3S. The number of sulfonamides is 1. The number of aryl methyl sites for hydroxylation is 2. The summed E-state index contributed by atoms with van der Waals surface area (Å²) in [4.78, 5) is 17.5. The zero-order valence-corrected chi connectivity index (χ0v) is 18.9. The monoisotopic (exact) mass is 439 g/mol. The Bertz CT molecular complexity index is 1100. The first-order valence-electron chi connectivity index (χ1n) is 10.8. The highest BCUT2D eigenvalue weighted by Crippen LogP contribution is 2.49. The van der Waals surface area contributed by atoms with Gasteiger partial charge in [-0.2, -0.15) is 0 Å². The molecule has 2 N–H and O–H groups in total. The van der Waals surface area contributed by atoms with Crippen LogP contribution in [-0.2, 0) is 20.2 Å². The third-order valence-electron chi connectivity index (χ3n) is 6.01. The first kappa shape index (κ1) is 21.6. The van der Waals surface area contributed by atoms with Gasteiger partial charge in [0.2, 0.25) is 5.91 Å². The van der Waals surface area contributed by atoms with E-state index in [1.165, 1.54) is 12.1 Å². The van der Waals surface area contributed by atoms with E-state index in [4.69, 9.17) is 0 Å². The minimum Gasteiger partial charge on any atom is -0.325 e. The van der Waals surface area contributed by atoms with Gasteiger partial charge in [0.25, 0.3) is 10.0 Å². The van der Waals surface area contributed by atoms with Gasteiger partial charge in [-0.15, -0.1) is 0 Å². The van der Waals surface area contributed by atoms with E-state index in [0.29, 0.717) is 24.5 Å². The van der Waals surface area contributed by atoms with Crippen molar-refractivity contribution in [3.8, 4) is 0 Å².